The van der Waals surface area contributed by atoms with Crippen LogP contribution >= 0.6 is 15.6 Å². The summed E-state index contributed by atoms with van der Waals surface area (Å²) in [7, 11) is -9.93. The van der Waals surface area contributed by atoms with Crippen molar-refractivity contribution >= 4 is 39.5 Å². The number of esters is 4. The average molecular weight is 1510 g/mol. The van der Waals surface area contributed by atoms with Crippen molar-refractivity contribution < 1.29 is 80.2 Å². The molecule has 103 heavy (non-hydrogen) atoms. The Morgan fingerprint density at radius 1 is 0.262 bits per heavy atom. The van der Waals surface area contributed by atoms with Gasteiger partial charge in [-0.3, -0.25) is 37.3 Å². The van der Waals surface area contributed by atoms with E-state index in [2.05, 4.69) is 48.5 Å². The zero-order valence-corrected chi connectivity index (χ0v) is 69.6. The van der Waals surface area contributed by atoms with Crippen molar-refractivity contribution in [3.05, 3.63) is 0 Å². The second-order valence-corrected chi connectivity index (χ2v) is 34.6. The van der Waals surface area contributed by atoms with E-state index in [0.29, 0.717) is 25.7 Å². The maximum absolute atomic E-state index is 13.1. The number of hydrogen-bond acceptors (Lipinski definition) is 15. The Hall–Kier alpha value is -1.94. The number of aliphatic hydroxyl groups is 1. The molecule has 0 amide bonds. The van der Waals surface area contributed by atoms with Gasteiger partial charge in [0.25, 0.3) is 0 Å². The Kier molecular flexibility index (Phi) is 72.8. The van der Waals surface area contributed by atoms with Gasteiger partial charge in [-0.05, 0) is 43.4 Å². The highest BCUT2D eigenvalue weighted by atomic mass is 31.2. The van der Waals surface area contributed by atoms with Gasteiger partial charge in [-0.2, -0.15) is 0 Å². The molecule has 0 heterocycles. The molecule has 612 valence electrons. The number of carbonyl (C=O) groups is 4. The van der Waals surface area contributed by atoms with Gasteiger partial charge in [0.05, 0.1) is 26.4 Å². The van der Waals surface area contributed by atoms with Gasteiger partial charge >= 0.3 is 39.5 Å². The van der Waals surface area contributed by atoms with Gasteiger partial charge in [0.15, 0.2) is 12.2 Å². The van der Waals surface area contributed by atoms with Crippen LogP contribution in [-0.2, 0) is 65.4 Å². The molecule has 17 nitrogen and oxygen atoms in total. The lowest BCUT2D eigenvalue weighted by Gasteiger charge is -2.21. The SMILES string of the molecule is CCCCCCCCCCCCCCCCCCCCCCC(=O)O[C@H](COC(=O)CCCCCCCCCCCCCCCCCCC(C)C)COP(=O)(O)OC[C@@H](O)COP(=O)(O)OC[C@@H](COC(=O)CCCCCCCCCCC(C)C)OC(=O)CCCCCCCCCCCCC(C)C. The van der Waals surface area contributed by atoms with Crippen molar-refractivity contribution in [3.8, 4) is 0 Å². The van der Waals surface area contributed by atoms with Crippen LogP contribution in [0.3, 0.4) is 0 Å². The molecule has 0 aromatic heterocycles. The minimum absolute atomic E-state index is 0.105. The van der Waals surface area contributed by atoms with Crippen molar-refractivity contribution in [2.75, 3.05) is 39.6 Å². The number of phosphoric acid groups is 2. The molecule has 0 aliphatic rings. The van der Waals surface area contributed by atoms with Crippen molar-refractivity contribution in [3.63, 3.8) is 0 Å². The van der Waals surface area contributed by atoms with Crippen LogP contribution in [0, 0.1) is 17.8 Å². The average Bonchev–Trinajstić information content (AvgIpc) is 0.965. The molecule has 0 aromatic rings. The van der Waals surface area contributed by atoms with Gasteiger partial charge in [-0.25, -0.2) is 9.13 Å². The molecule has 0 radical (unpaired) electrons. The standard InChI is InChI=1S/C84H164O17P2/c1-8-9-10-11-12-13-14-15-16-17-18-19-20-25-28-31-37-46-53-60-67-83(88)100-79(71-94-81(86)65-58-51-44-36-30-27-24-22-21-23-26-29-34-41-48-55-62-75(2)3)73-98-102(90,91)96-69-78(85)70-97-103(92,93)99-74-80(72-95-82(87)66-59-52-45-40-39-43-50-57-64-77(6)7)101-84(89)68-61-54-47-38-33-32-35-42-49-56-63-76(4)5/h75-80,85H,8-74H2,1-7H3,(H,90,91)(H,92,93)/t78-,79-,80-/m1/s1. The molecule has 2 unspecified atom stereocenters. The molecule has 0 saturated carbocycles. The van der Waals surface area contributed by atoms with Gasteiger partial charge in [0.2, 0.25) is 0 Å². The first-order valence-corrected chi connectivity index (χ1v) is 46.3. The van der Waals surface area contributed by atoms with E-state index in [-0.39, 0.29) is 25.7 Å². The second kappa shape index (κ2) is 74.2. The lowest BCUT2D eigenvalue weighted by molar-refractivity contribution is -0.161. The third-order valence-electron chi connectivity index (χ3n) is 19.6. The van der Waals surface area contributed by atoms with Crippen LogP contribution in [0.1, 0.15) is 440 Å². The molecule has 0 spiro atoms. The number of phosphoric ester groups is 2. The van der Waals surface area contributed by atoms with E-state index >= 15 is 0 Å². The molecule has 0 aromatic carbocycles. The molecule has 5 atom stereocenters. The van der Waals surface area contributed by atoms with Crippen LogP contribution in [0.25, 0.3) is 0 Å². The fourth-order valence-corrected chi connectivity index (χ4v) is 14.6. The van der Waals surface area contributed by atoms with E-state index in [1.165, 1.54) is 250 Å². The number of aliphatic hydroxyl groups excluding tert-OH is 1. The van der Waals surface area contributed by atoms with Crippen LogP contribution < -0.4 is 0 Å². The summed E-state index contributed by atoms with van der Waals surface area (Å²) in [5, 5.41) is 10.7. The van der Waals surface area contributed by atoms with Gasteiger partial charge in [0.1, 0.15) is 19.3 Å². The van der Waals surface area contributed by atoms with Gasteiger partial charge in [-0.1, -0.05) is 389 Å². The highest BCUT2D eigenvalue weighted by Crippen LogP contribution is 2.45. The van der Waals surface area contributed by atoms with Crippen LogP contribution in [0.2, 0.25) is 0 Å². The minimum Gasteiger partial charge on any atom is -0.462 e. The Balaban J connectivity index is 5.23. The molecule has 0 rings (SSSR count). The largest absolute Gasteiger partial charge is 0.472 e. The summed E-state index contributed by atoms with van der Waals surface area (Å²) in [6.45, 7) is 11.9. The number of ether oxygens (including phenoxy) is 4. The van der Waals surface area contributed by atoms with Gasteiger partial charge in [-0.15, -0.1) is 0 Å². The predicted molar refractivity (Wildman–Crippen MR) is 423 cm³/mol. The monoisotopic (exact) mass is 1510 g/mol. The van der Waals surface area contributed by atoms with Crippen LogP contribution in [-0.4, -0.2) is 96.7 Å². The fourth-order valence-electron chi connectivity index (χ4n) is 13.0. The molecule has 19 heteroatoms. The van der Waals surface area contributed by atoms with Gasteiger partial charge < -0.3 is 33.8 Å². The third-order valence-corrected chi connectivity index (χ3v) is 21.5. The lowest BCUT2D eigenvalue weighted by Crippen LogP contribution is -2.30. The summed E-state index contributed by atoms with van der Waals surface area (Å²) in [6, 6.07) is 0. The van der Waals surface area contributed by atoms with Crippen LogP contribution in [0.5, 0.6) is 0 Å². The van der Waals surface area contributed by atoms with Gasteiger partial charge in [0, 0.05) is 25.7 Å². The minimum atomic E-state index is -4.96. The summed E-state index contributed by atoms with van der Waals surface area (Å²) in [4.78, 5) is 73.1. The Morgan fingerprint density at radius 3 is 0.660 bits per heavy atom. The van der Waals surface area contributed by atoms with E-state index in [9.17, 15) is 43.2 Å². The smallest absolute Gasteiger partial charge is 0.462 e. The van der Waals surface area contributed by atoms with Crippen molar-refractivity contribution in [1.29, 1.82) is 0 Å². The third kappa shape index (κ3) is 78.0. The first-order chi connectivity index (χ1) is 49.7. The highest BCUT2D eigenvalue weighted by Gasteiger charge is 2.30. The predicted octanol–water partition coefficient (Wildman–Crippen LogP) is 25.3. The van der Waals surface area contributed by atoms with E-state index in [1.807, 2.05) is 0 Å². The van der Waals surface area contributed by atoms with E-state index in [0.717, 1.165) is 108 Å². The van der Waals surface area contributed by atoms with Crippen molar-refractivity contribution in [1.82, 2.24) is 0 Å². The summed E-state index contributed by atoms with van der Waals surface area (Å²) in [6.07, 6.45) is 64.0. The Morgan fingerprint density at radius 2 is 0.447 bits per heavy atom. The Labute approximate surface area is 632 Å². The van der Waals surface area contributed by atoms with E-state index in [1.54, 1.807) is 0 Å². The zero-order valence-electron chi connectivity index (χ0n) is 67.8. The summed E-state index contributed by atoms with van der Waals surface area (Å²) >= 11 is 0. The highest BCUT2D eigenvalue weighted by molar-refractivity contribution is 7.47. The molecular weight excluding hydrogens is 1340 g/mol. The van der Waals surface area contributed by atoms with E-state index < -0.39 is 97.5 Å². The summed E-state index contributed by atoms with van der Waals surface area (Å²) < 4.78 is 68.8. The molecule has 0 aliphatic heterocycles. The molecule has 0 saturated heterocycles. The van der Waals surface area contributed by atoms with E-state index in [4.69, 9.17) is 37.0 Å². The molecule has 0 fully saturated rings. The number of carbonyl (C=O) groups excluding carboxylic acids is 4. The van der Waals surface area contributed by atoms with Crippen molar-refractivity contribution in [2.45, 2.75) is 458 Å². The lowest BCUT2D eigenvalue weighted by atomic mass is 10.0. The summed E-state index contributed by atoms with van der Waals surface area (Å²) in [5.41, 5.74) is 0. The quantitative estimate of drug-likeness (QED) is 0.0222. The number of hydrogen-bond donors (Lipinski definition) is 3. The molecule has 0 aliphatic carbocycles. The first-order valence-electron chi connectivity index (χ1n) is 43.3. The maximum atomic E-state index is 13.1. The molecular formula is C84H164O17P2. The first kappa shape index (κ1) is 101. The zero-order chi connectivity index (χ0) is 75.8. The second-order valence-electron chi connectivity index (χ2n) is 31.6. The maximum Gasteiger partial charge on any atom is 0.472 e. The number of rotatable bonds is 82. The van der Waals surface area contributed by atoms with Crippen LogP contribution in [0.4, 0.5) is 0 Å². The normalized spacial score (nSPS) is 13.9. The van der Waals surface area contributed by atoms with Crippen molar-refractivity contribution in [2.24, 2.45) is 17.8 Å². The topological polar surface area (TPSA) is 237 Å². The number of unbranched alkanes of at least 4 members (excludes halogenated alkanes) is 50. The van der Waals surface area contributed by atoms with Crippen LogP contribution in [0.15, 0.2) is 0 Å². The molecule has 3 N–H and O–H groups in total. The summed E-state index contributed by atoms with van der Waals surface area (Å²) in [5.74, 6) is 0.182. The fraction of sp³-hybridized carbons (Fsp3) is 0.952. The molecule has 0 bridgehead atoms. The Bertz CT molecular complexity index is 1990.